The summed E-state index contributed by atoms with van der Waals surface area (Å²) in [6.07, 6.45) is 9.68. The highest BCUT2D eigenvalue weighted by atomic mass is 16.5. The summed E-state index contributed by atoms with van der Waals surface area (Å²) in [5.41, 5.74) is 7.01. The van der Waals surface area contributed by atoms with Crippen LogP contribution in [0.1, 0.15) is 49.7 Å². The summed E-state index contributed by atoms with van der Waals surface area (Å²) in [6, 6.07) is 31.0. The molecular formula is C36H35NO2. The Bertz CT molecular complexity index is 1500. The van der Waals surface area contributed by atoms with E-state index in [2.05, 4.69) is 48.5 Å². The summed E-state index contributed by atoms with van der Waals surface area (Å²) in [5, 5.41) is 12.0. The molecule has 4 aromatic carbocycles. The second kappa shape index (κ2) is 9.72. The number of para-hydroxylation sites is 2. The number of nitrogens with zero attached hydrogens (tertiary/aromatic N) is 1. The molecule has 0 unspecified atom stereocenters. The van der Waals surface area contributed by atoms with Gasteiger partial charge >= 0.3 is 0 Å². The average molecular weight is 514 g/mol. The van der Waals surface area contributed by atoms with E-state index in [9.17, 15) is 5.11 Å². The standard InChI is InChI=1S/C36H35NO2/c1-39-34-14-8-6-12-30(34)29-11-5-7-13-33(29)37-23-31-28(27-9-3-2-4-10-27)15-16-32(35(31)38)36-20-24-17-25(21-36)19-26(18-24)22-36/h2-16,23-26,38H,17-22H2,1H3. The molecular weight excluding hydrogens is 478 g/mol. The van der Waals surface area contributed by atoms with E-state index in [1.165, 1.54) is 38.5 Å². The molecule has 3 nitrogen and oxygen atoms in total. The Kier molecular flexibility index (Phi) is 6.03. The Morgan fingerprint density at radius 2 is 1.33 bits per heavy atom. The number of aliphatic imine (C=N–C) groups is 1. The fourth-order valence-electron chi connectivity index (χ4n) is 8.29. The van der Waals surface area contributed by atoms with Crippen LogP contribution >= 0.6 is 0 Å². The maximum absolute atomic E-state index is 12.0. The quantitative estimate of drug-likeness (QED) is 0.261. The third-order valence-electron chi connectivity index (χ3n) is 9.55. The van der Waals surface area contributed by atoms with Gasteiger partial charge in [0.2, 0.25) is 0 Å². The van der Waals surface area contributed by atoms with E-state index in [1.54, 1.807) is 7.11 Å². The zero-order valence-electron chi connectivity index (χ0n) is 22.5. The highest BCUT2D eigenvalue weighted by Crippen LogP contribution is 2.62. The van der Waals surface area contributed by atoms with Crippen LogP contribution in [-0.4, -0.2) is 18.4 Å². The molecule has 0 radical (unpaired) electrons. The van der Waals surface area contributed by atoms with Crippen LogP contribution < -0.4 is 4.74 Å². The second-order valence-corrected chi connectivity index (χ2v) is 12.0. The largest absolute Gasteiger partial charge is 0.507 e. The SMILES string of the molecule is COc1ccccc1-c1ccccc1N=Cc1c(-c2ccccc2)ccc(C23CC4CC(CC(C4)C2)C3)c1O. The van der Waals surface area contributed by atoms with Gasteiger partial charge in [0.25, 0.3) is 0 Å². The average Bonchev–Trinajstić information content (AvgIpc) is 2.96. The second-order valence-electron chi connectivity index (χ2n) is 12.0. The number of phenolic OH excluding ortho intramolecular Hbond substituents is 1. The molecule has 0 spiro atoms. The van der Waals surface area contributed by atoms with Crippen LogP contribution in [0.3, 0.4) is 0 Å². The lowest BCUT2D eigenvalue weighted by Gasteiger charge is -2.57. The van der Waals surface area contributed by atoms with Crippen LogP contribution in [0.5, 0.6) is 11.5 Å². The third kappa shape index (κ3) is 4.25. The zero-order chi connectivity index (χ0) is 26.4. The number of hydrogen-bond acceptors (Lipinski definition) is 3. The van der Waals surface area contributed by atoms with Crippen LogP contribution in [0.2, 0.25) is 0 Å². The Morgan fingerprint density at radius 3 is 2.03 bits per heavy atom. The summed E-state index contributed by atoms with van der Waals surface area (Å²) in [5.74, 6) is 3.67. The molecule has 196 valence electrons. The lowest BCUT2D eigenvalue weighted by molar-refractivity contribution is -0.00613. The first-order chi connectivity index (χ1) is 19.1. The molecule has 3 heteroatoms. The van der Waals surface area contributed by atoms with Crippen LogP contribution in [0, 0.1) is 17.8 Å². The van der Waals surface area contributed by atoms with Crippen LogP contribution in [0.4, 0.5) is 5.69 Å². The molecule has 0 amide bonds. The van der Waals surface area contributed by atoms with E-state index in [-0.39, 0.29) is 5.41 Å². The number of rotatable bonds is 6. The highest BCUT2D eigenvalue weighted by Gasteiger charge is 2.52. The molecule has 4 aliphatic carbocycles. The van der Waals surface area contributed by atoms with Gasteiger partial charge in [-0.1, -0.05) is 78.9 Å². The lowest BCUT2D eigenvalue weighted by Crippen LogP contribution is -2.48. The number of hydrogen-bond donors (Lipinski definition) is 1. The van der Waals surface area contributed by atoms with Gasteiger partial charge in [-0.15, -0.1) is 0 Å². The summed E-state index contributed by atoms with van der Waals surface area (Å²) >= 11 is 0. The molecule has 0 saturated heterocycles. The summed E-state index contributed by atoms with van der Waals surface area (Å²) in [4.78, 5) is 5.02. The zero-order valence-corrected chi connectivity index (χ0v) is 22.5. The van der Waals surface area contributed by atoms with Crippen molar-refractivity contribution in [1.82, 2.24) is 0 Å². The van der Waals surface area contributed by atoms with E-state index in [0.717, 1.165) is 62.6 Å². The monoisotopic (exact) mass is 513 g/mol. The molecule has 8 rings (SSSR count). The molecule has 4 aliphatic rings. The maximum Gasteiger partial charge on any atom is 0.128 e. The van der Waals surface area contributed by atoms with Crippen LogP contribution in [0.15, 0.2) is 96.0 Å². The molecule has 4 saturated carbocycles. The van der Waals surface area contributed by atoms with Gasteiger partial charge in [0.05, 0.1) is 12.8 Å². The third-order valence-corrected chi connectivity index (χ3v) is 9.55. The smallest absolute Gasteiger partial charge is 0.128 e. The number of benzene rings is 4. The van der Waals surface area contributed by atoms with Gasteiger partial charge in [-0.3, -0.25) is 4.99 Å². The number of phenols is 1. The summed E-state index contributed by atoms with van der Waals surface area (Å²) < 4.78 is 5.65. The summed E-state index contributed by atoms with van der Waals surface area (Å²) in [7, 11) is 1.70. The van der Waals surface area contributed by atoms with Gasteiger partial charge in [-0.05, 0) is 85.0 Å². The first-order valence-corrected chi connectivity index (χ1v) is 14.3. The Hall–Kier alpha value is -3.85. The minimum absolute atomic E-state index is 0.103. The van der Waals surface area contributed by atoms with Crippen molar-refractivity contribution in [2.45, 2.75) is 43.9 Å². The molecule has 0 heterocycles. The van der Waals surface area contributed by atoms with Gasteiger partial charge in [-0.2, -0.15) is 0 Å². The van der Waals surface area contributed by atoms with Crippen molar-refractivity contribution in [3.8, 4) is 33.8 Å². The minimum atomic E-state index is 0.103. The lowest BCUT2D eigenvalue weighted by atomic mass is 9.48. The fourth-order valence-corrected chi connectivity index (χ4v) is 8.29. The minimum Gasteiger partial charge on any atom is -0.507 e. The van der Waals surface area contributed by atoms with Gasteiger partial charge in [0.15, 0.2) is 0 Å². The Balaban J connectivity index is 1.35. The van der Waals surface area contributed by atoms with Crippen molar-refractivity contribution >= 4 is 11.9 Å². The van der Waals surface area contributed by atoms with Gasteiger partial charge < -0.3 is 9.84 Å². The van der Waals surface area contributed by atoms with Gasteiger partial charge in [0, 0.05) is 28.5 Å². The molecule has 4 fully saturated rings. The van der Waals surface area contributed by atoms with Crippen molar-refractivity contribution in [3.63, 3.8) is 0 Å². The molecule has 0 aromatic heterocycles. The molecule has 1 N–H and O–H groups in total. The molecule has 4 bridgehead atoms. The number of ether oxygens (including phenoxy) is 1. The highest BCUT2D eigenvalue weighted by molar-refractivity contribution is 5.96. The van der Waals surface area contributed by atoms with E-state index in [1.807, 2.05) is 48.7 Å². The van der Waals surface area contributed by atoms with Gasteiger partial charge in [-0.25, -0.2) is 0 Å². The van der Waals surface area contributed by atoms with Crippen molar-refractivity contribution in [1.29, 1.82) is 0 Å². The van der Waals surface area contributed by atoms with E-state index >= 15 is 0 Å². The molecule has 4 aromatic rings. The fraction of sp³-hybridized carbons (Fsp3) is 0.306. The topological polar surface area (TPSA) is 41.8 Å². The van der Waals surface area contributed by atoms with Gasteiger partial charge in [0.1, 0.15) is 11.5 Å². The summed E-state index contributed by atoms with van der Waals surface area (Å²) in [6.45, 7) is 0. The number of aromatic hydroxyl groups is 1. The predicted octanol–water partition coefficient (Wildman–Crippen LogP) is 8.95. The first-order valence-electron chi connectivity index (χ1n) is 14.3. The Labute approximate surface area is 231 Å². The predicted molar refractivity (Wildman–Crippen MR) is 159 cm³/mol. The number of methoxy groups -OCH3 is 1. The van der Waals surface area contributed by atoms with Crippen LogP contribution in [0.25, 0.3) is 22.3 Å². The normalized spacial score (nSPS) is 25.3. The van der Waals surface area contributed by atoms with E-state index in [4.69, 9.17) is 9.73 Å². The first kappa shape index (κ1) is 24.2. The van der Waals surface area contributed by atoms with E-state index < -0.39 is 0 Å². The van der Waals surface area contributed by atoms with Crippen molar-refractivity contribution in [2.75, 3.05) is 7.11 Å². The van der Waals surface area contributed by atoms with Crippen LogP contribution in [-0.2, 0) is 5.41 Å². The Morgan fingerprint density at radius 1 is 0.718 bits per heavy atom. The molecule has 39 heavy (non-hydrogen) atoms. The van der Waals surface area contributed by atoms with Crippen molar-refractivity contribution < 1.29 is 9.84 Å². The molecule has 0 atom stereocenters. The van der Waals surface area contributed by atoms with Crippen molar-refractivity contribution in [3.05, 3.63) is 102 Å². The van der Waals surface area contributed by atoms with E-state index in [0.29, 0.717) is 5.75 Å². The maximum atomic E-state index is 12.0. The van der Waals surface area contributed by atoms with Crippen molar-refractivity contribution in [2.24, 2.45) is 22.7 Å². The molecule has 0 aliphatic heterocycles.